The van der Waals surface area contributed by atoms with Crippen LogP contribution in [0.15, 0.2) is 29.1 Å². The molecule has 0 fully saturated rings. The zero-order valence-electron chi connectivity index (χ0n) is 12.6. The number of aromatic amines is 1. The van der Waals surface area contributed by atoms with Crippen molar-refractivity contribution < 1.29 is 9.90 Å². The van der Waals surface area contributed by atoms with Crippen molar-refractivity contribution in [3.63, 3.8) is 0 Å². The van der Waals surface area contributed by atoms with Crippen molar-refractivity contribution in [1.82, 2.24) is 15.3 Å². The van der Waals surface area contributed by atoms with Crippen molar-refractivity contribution in [3.8, 4) is 0 Å². The summed E-state index contributed by atoms with van der Waals surface area (Å²) < 4.78 is 0. The molecule has 2 rings (SSSR count). The maximum absolute atomic E-state index is 12.0. The molecule has 6 nitrogen and oxygen atoms in total. The van der Waals surface area contributed by atoms with E-state index in [1.54, 1.807) is 13.8 Å². The van der Waals surface area contributed by atoms with Crippen LogP contribution in [0.2, 0.25) is 0 Å². The molecule has 0 atom stereocenters. The molecule has 0 unspecified atom stereocenters. The van der Waals surface area contributed by atoms with E-state index in [4.69, 9.17) is 5.11 Å². The van der Waals surface area contributed by atoms with Gasteiger partial charge in [0.1, 0.15) is 0 Å². The molecule has 1 aromatic heterocycles. The molecule has 6 heteroatoms. The van der Waals surface area contributed by atoms with E-state index in [1.807, 2.05) is 24.3 Å². The van der Waals surface area contributed by atoms with Gasteiger partial charge in [0.2, 0.25) is 0 Å². The van der Waals surface area contributed by atoms with Gasteiger partial charge in [0, 0.05) is 12.2 Å². The fraction of sp³-hybridized carbons (Fsp3) is 0.312. The first-order valence-electron chi connectivity index (χ1n) is 7.05. The number of benzene rings is 1. The van der Waals surface area contributed by atoms with Crippen LogP contribution in [0, 0.1) is 13.8 Å². The molecule has 22 heavy (non-hydrogen) atoms. The number of amides is 1. The number of aromatic nitrogens is 2. The number of H-pyrrole nitrogens is 1. The summed E-state index contributed by atoms with van der Waals surface area (Å²) in [7, 11) is 0. The molecule has 0 aliphatic carbocycles. The fourth-order valence-electron chi connectivity index (χ4n) is 1.99. The number of nitrogens with zero attached hydrogens (tertiary/aromatic N) is 1. The Labute approximate surface area is 128 Å². The highest BCUT2D eigenvalue weighted by Crippen LogP contribution is 2.04. The average molecular weight is 301 g/mol. The molecule has 0 bridgehead atoms. The lowest BCUT2D eigenvalue weighted by Crippen LogP contribution is -2.33. The van der Waals surface area contributed by atoms with Crippen LogP contribution in [0.25, 0.3) is 0 Å². The molecule has 116 valence electrons. The Balaban J connectivity index is 1.95. The summed E-state index contributed by atoms with van der Waals surface area (Å²) in [4.78, 5) is 30.4. The zero-order chi connectivity index (χ0) is 16.1. The van der Waals surface area contributed by atoms with Gasteiger partial charge in [-0.25, -0.2) is 4.98 Å². The van der Waals surface area contributed by atoms with Crippen molar-refractivity contribution in [3.05, 3.63) is 62.8 Å². The Morgan fingerprint density at radius 2 is 1.86 bits per heavy atom. The van der Waals surface area contributed by atoms with E-state index in [0.717, 1.165) is 11.1 Å². The summed E-state index contributed by atoms with van der Waals surface area (Å²) >= 11 is 0. The van der Waals surface area contributed by atoms with Gasteiger partial charge < -0.3 is 15.4 Å². The zero-order valence-corrected chi connectivity index (χ0v) is 12.6. The molecule has 1 amide bonds. The second kappa shape index (κ2) is 7.00. The highest BCUT2D eigenvalue weighted by Gasteiger charge is 2.13. The first-order valence-corrected chi connectivity index (χ1v) is 7.05. The highest BCUT2D eigenvalue weighted by molar-refractivity contribution is 5.91. The number of aryl methyl sites for hydroxylation is 2. The number of rotatable bonds is 5. The van der Waals surface area contributed by atoms with Crippen LogP contribution in [0.5, 0.6) is 0 Å². The number of carbonyl (C=O) groups is 1. The molecule has 3 N–H and O–H groups in total. The molecule has 0 aliphatic heterocycles. The van der Waals surface area contributed by atoms with Crippen LogP contribution in [0.1, 0.15) is 33.0 Å². The summed E-state index contributed by atoms with van der Waals surface area (Å²) in [5.41, 5.74) is 2.58. The molecule has 2 aromatic rings. The normalized spacial score (nSPS) is 10.5. The van der Waals surface area contributed by atoms with E-state index in [9.17, 15) is 9.59 Å². The quantitative estimate of drug-likeness (QED) is 0.763. The molecule has 0 spiro atoms. The Kier molecular flexibility index (Phi) is 5.06. The Morgan fingerprint density at radius 3 is 2.50 bits per heavy atom. The van der Waals surface area contributed by atoms with E-state index in [1.165, 1.54) is 0 Å². The van der Waals surface area contributed by atoms with Crippen LogP contribution in [0.3, 0.4) is 0 Å². The average Bonchev–Trinajstić information content (AvgIpc) is 2.51. The first kappa shape index (κ1) is 15.9. The molecular formula is C16H19N3O3. The standard InChI is InChI=1S/C16H19N3O3/c1-10-11(2)19-16(22)14(18-10)15(21)17-8-7-12-3-5-13(9-20)6-4-12/h3-6,20H,7-9H2,1-2H3,(H,17,21)(H,19,22). The first-order chi connectivity index (χ1) is 10.5. The molecule has 1 aromatic carbocycles. The third-order valence-electron chi connectivity index (χ3n) is 3.46. The van der Waals surface area contributed by atoms with E-state index in [2.05, 4.69) is 15.3 Å². The smallest absolute Gasteiger partial charge is 0.279 e. The SMILES string of the molecule is Cc1nc(C(=O)NCCc2ccc(CO)cc2)c(=O)[nH]c1C. The van der Waals surface area contributed by atoms with Crippen molar-refractivity contribution in [2.24, 2.45) is 0 Å². The minimum atomic E-state index is -0.479. The summed E-state index contributed by atoms with van der Waals surface area (Å²) in [6.07, 6.45) is 0.639. The lowest BCUT2D eigenvalue weighted by atomic mass is 10.1. The maximum atomic E-state index is 12.0. The summed E-state index contributed by atoms with van der Waals surface area (Å²) in [6, 6.07) is 7.48. The van der Waals surface area contributed by atoms with Crippen LogP contribution in [0.4, 0.5) is 0 Å². The third-order valence-corrected chi connectivity index (χ3v) is 3.46. The number of carbonyl (C=O) groups excluding carboxylic acids is 1. The minimum absolute atomic E-state index is 0.0121. The van der Waals surface area contributed by atoms with Gasteiger partial charge in [0.25, 0.3) is 11.5 Å². The second-order valence-corrected chi connectivity index (χ2v) is 5.11. The Bertz CT molecular complexity index is 720. The Morgan fingerprint density at radius 1 is 1.23 bits per heavy atom. The second-order valence-electron chi connectivity index (χ2n) is 5.11. The molecular weight excluding hydrogens is 282 g/mol. The third kappa shape index (κ3) is 3.79. The fourth-order valence-corrected chi connectivity index (χ4v) is 1.99. The van der Waals surface area contributed by atoms with Crippen LogP contribution in [-0.2, 0) is 13.0 Å². The van der Waals surface area contributed by atoms with Crippen LogP contribution < -0.4 is 10.9 Å². The van der Waals surface area contributed by atoms with Gasteiger partial charge in [0.15, 0.2) is 5.69 Å². The van der Waals surface area contributed by atoms with Crippen molar-refractivity contribution in [2.75, 3.05) is 6.54 Å². The van der Waals surface area contributed by atoms with Gasteiger partial charge in [-0.1, -0.05) is 24.3 Å². The van der Waals surface area contributed by atoms with E-state index >= 15 is 0 Å². The molecule has 0 radical (unpaired) electrons. The monoisotopic (exact) mass is 301 g/mol. The molecule has 0 saturated carbocycles. The van der Waals surface area contributed by atoms with Gasteiger partial charge in [-0.3, -0.25) is 9.59 Å². The Hall–Kier alpha value is -2.47. The lowest BCUT2D eigenvalue weighted by molar-refractivity contribution is 0.0947. The summed E-state index contributed by atoms with van der Waals surface area (Å²) in [5, 5.41) is 11.7. The maximum Gasteiger partial charge on any atom is 0.279 e. The number of aliphatic hydroxyl groups excluding tert-OH is 1. The van der Waals surface area contributed by atoms with E-state index in [-0.39, 0.29) is 12.3 Å². The largest absolute Gasteiger partial charge is 0.392 e. The van der Waals surface area contributed by atoms with Gasteiger partial charge in [-0.15, -0.1) is 0 Å². The lowest BCUT2D eigenvalue weighted by Gasteiger charge is -2.06. The minimum Gasteiger partial charge on any atom is -0.392 e. The summed E-state index contributed by atoms with van der Waals surface area (Å²) in [6.45, 7) is 3.90. The topological polar surface area (TPSA) is 95.1 Å². The van der Waals surface area contributed by atoms with Gasteiger partial charge in [0.05, 0.1) is 12.3 Å². The molecule has 1 heterocycles. The van der Waals surface area contributed by atoms with Crippen LogP contribution >= 0.6 is 0 Å². The highest BCUT2D eigenvalue weighted by atomic mass is 16.3. The van der Waals surface area contributed by atoms with Gasteiger partial charge in [-0.05, 0) is 31.4 Å². The number of aliphatic hydroxyl groups is 1. The number of nitrogens with one attached hydrogen (secondary N) is 2. The summed E-state index contributed by atoms with van der Waals surface area (Å²) in [5.74, 6) is -0.476. The predicted octanol–water partition coefficient (Wildman–Crippen LogP) is 0.852. The number of hydrogen-bond acceptors (Lipinski definition) is 4. The predicted molar refractivity (Wildman–Crippen MR) is 82.7 cm³/mol. The van der Waals surface area contributed by atoms with Gasteiger partial charge in [-0.2, -0.15) is 0 Å². The van der Waals surface area contributed by atoms with E-state index < -0.39 is 11.5 Å². The molecule has 0 saturated heterocycles. The van der Waals surface area contributed by atoms with E-state index in [0.29, 0.717) is 24.4 Å². The molecule has 0 aliphatic rings. The van der Waals surface area contributed by atoms with Crippen molar-refractivity contribution in [1.29, 1.82) is 0 Å². The van der Waals surface area contributed by atoms with Crippen molar-refractivity contribution >= 4 is 5.91 Å². The number of hydrogen-bond donors (Lipinski definition) is 3. The van der Waals surface area contributed by atoms with Crippen LogP contribution in [-0.4, -0.2) is 27.5 Å². The van der Waals surface area contributed by atoms with Crippen molar-refractivity contribution in [2.45, 2.75) is 26.9 Å². The van der Waals surface area contributed by atoms with Gasteiger partial charge >= 0.3 is 0 Å².